The minimum Gasteiger partial charge on any atom is -0.266 e. The van der Waals surface area contributed by atoms with Crippen LogP contribution in [0.4, 0.5) is 0 Å². The second-order valence-electron chi connectivity index (χ2n) is 4.05. The summed E-state index contributed by atoms with van der Waals surface area (Å²) in [6, 6.07) is 0. The Hall–Kier alpha value is -0.985. The van der Waals surface area contributed by atoms with E-state index in [-0.39, 0.29) is 0 Å². The Morgan fingerprint density at radius 1 is 0.636 bits per heavy atom. The van der Waals surface area contributed by atoms with Crippen LogP contribution in [-0.2, 0) is 42.7 Å². The van der Waals surface area contributed by atoms with Gasteiger partial charge in [-0.3, -0.25) is 12.3 Å². The fourth-order valence-corrected chi connectivity index (χ4v) is 2.10. The number of hydrogen-bond acceptors (Lipinski definition) is 9. The zero-order valence-corrected chi connectivity index (χ0v) is 14.5. The van der Waals surface area contributed by atoms with Crippen molar-refractivity contribution in [1.29, 1.82) is 0 Å². The minimum absolute atomic E-state index is 0.523. The molecule has 126 valence electrons. The molecule has 0 heterocycles. The molecule has 0 fully saturated rings. The standard InChI is InChI=1S/C9H15BO9S3/c1-7(2)20(11,12)17-10(18-21(13,14)8(3)4)19-22(15,16)9(5)6/h1,3,5H2,2,4,6H3. The van der Waals surface area contributed by atoms with E-state index in [2.05, 4.69) is 32.0 Å². The summed E-state index contributed by atoms with van der Waals surface area (Å²) in [4.78, 5) is -1.57. The van der Waals surface area contributed by atoms with Crippen LogP contribution in [0.5, 0.6) is 0 Å². The molecule has 0 spiro atoms. The highest BCUT2D eigenvalue weighted by Crippen LogP contribution is 2.17. The molecule has 0 aromatic carbocycles. The second kappa shape index (κ2) is 7.06. The van der Waals surface area contributed by atoms with Gasteiger partial charge in [0, 0.05) is 0 Å². The molecule has 13 heteroatoms. The van der Waals surface area contributed by atoms with Crippen molar-refractivity contribution in [3.63, 3.8) is 0 Å². The predicted octanol–water partition coefficient (Wildman–Crippen LogP) is 0.611. The summed E-state index contributed by atoms with van der Waals surface area (Å²) >= 11 is 0. The third-order valence-electron chi connectivity index (χ3n) is 1.90. The zero-order valence-electron chi connectivity index (χ0n) is 12.1. The van der Waals surface area contributed by atoms with Crippen LogP contribution >= 0.6 is 0 Å². The summed E-state index contributed by atoms with van der Waals surface area (Å²) in [7, 11) is -16.2. The Balaban J connectivity index is 5.67. The lowest BCUT2D eigenvalue weighted by Crippen LogP contribution is -2.35. The Bertz CT molecular complexity index is 680. The van der Waals surface area contributed by atoms with E-state index in [4.69, 9.17) is 0 Å². The lowest BCUT2D eigenvalue weighted by Gasteiger charge is -2.14. The van der Waals surface area contributed by atoms with E-state index < -0.39 is 52.4 Å². The normalized spacial score (nSPS) is 12.7. The Morgan fingerprint density at radius 2 is 0.818 bits per heavy atom. The van der Waals surface area contributed by atoms with Crippen molar-refractivity contribution in [1.82, 2.24) is 0 Å². The molecule has 0 N–H and O–H groups in total. The summed E-state index contributed by atoms with van der Waals surface area (Å²) in [5, 5.41) is 0. The molecule has 0 bridgehead atoms. The van der Waals surface area contributed by atoms with Gasteiger partial charge >= 0.3 is 7.32 Å². The van der Waals surface area contributed by atoms with Gasteiger partial charge in [0.05, 0.1) is 14.7 Å². The Labute approximate surface area is 130 Å². The van der Waals surface area contributed by atoms with Crippen LogP contribution < -0.4 is 0 Å². The van der Waals surface area contributed by atoms with E-state index in [1.165, 1.54) is 0 Å². The molecule has 0 rings (SSSR count). The SMILES string of the molecule is C=C(C)S(=O)(=O)OB(OS(=O)(=O)C(=C)C)OS(=O)(=O)C(=C)C. The molecule has 0 saturated heterocycles. The van der Waals surface area contributed by atoms with Crippen LogP contribution in [-0.4, -0.2) is 32.6 Å². The lowest BCUT2D eigenvalue weighted by molar-refractivity contribution is 0.316. The summed E-state index contributed by atoms with van der Waals surface area (Å²) in [5.41, 5.74) is 0. The van der Waals surface area contributed by atoms with Gasteiger partial charge in [-0.1, -0.05) is 19.7 Å². The maximum Gasteiger partial charge on any atom is 0.685 e. The molecular weight excluding hydrogens is 359 g/mol. The molecule has 0 aromatic rings. The molecule has 0 radical (unpaired) electrons. The van der Waals surface area contributed by atoms with E-state index in [1.54, 1.807) is 0 Å². The highest BCUT2D eigenvalue weighted by Gasteiger charge is 2.39. The van der Waals surface area contributed by atoms with Crippen LogP contribution in [0.3, 0.4) is 0 Å². The van der Waals surface area contributed by atoms with Gasteiger partial charge < -0.3 is 0 Å². The first-order valence-electron chi connectivity index (χ1n) is 5.38. The van der Waals surface area contributed by atoms with Gasteiger partial charge in [0.25, 0.3) is 30.4 Å². The molecule has 0 saturated carbocycles. The molecule has 0 aromatic heterocycles. The zero-order chi connectivity index (χ0) is 17.9. The van der Waals surface area contributed by atoms with Crippen LogP contribution in [0.2, 0.25) is 0 Å². The average Bonchev–Trinajstić information content (AvgIpc) is 2.25. The monoisotopic (exact) mass is 374 g/mol. The molecule has 9 nitrogen and oxygen atoms in total. The van der Waals surface area contributed by atoms with Crippen molar-refractivity contribution < 1.29 is 37.6 Å². The van der Waals surface area contributed by atoms with Crippen molar-refractivity contribution in [2.45, 2.75) is 20.8 Å². The molecule has 22 heavy (non-hydrogen) atoms. The maximum absolute atomic E-state index is 11.5. The number of hydrogen-bond donors (Lipinski definition) is 0. The second-order valence-corrected chi connectivity index (χ2v) is 9.44. The summed E-state index contributed by atoms with van der Waals surface area (Å²) in [5.74, 6) is 0. The number of allylic oxidation sites excluding steroid dienone is 3. The highest BCUT2D eigenvalue weighted by molar-refractivity contribution is 7.94. The Morgan fingerprint density at radius 3 is 0.955 bits per heavy atom. The molecule has 0 unspecified atom stereocenters. The van der Waals surface area contributed by atoms with E-state index in [1.807, 2.05) is 0 Å². The van der Waals surface area contributed by atoms with Crippen molar-refractivity contribution in [2.75, 3.05) is 0 Å². The summed E-state index contributed by atoms with van der Waals surface area (Å²) in [6.45, 7) is 12.4. The van der Waals surface area contributed by atoms with Crippen LogP contribution in [0.15, 0.2) is 34.5 Å². The van der Waals surface area contributed by atoms with Gasteiger partial charge in [-0.15, -0.1) is 0 Å². The fraction of sp³-hybridized carbons (Fsp3) is 0.333. The fourth-order valence-electron chi connectivity index (χ4n) is 0.605. The smallest absolute Gasteiger partial charge is 0.266 e. The topological polar surface area (TPSA) is 130 Å². The van der Waals surface area contributed by atoms with Gasteiger partial charge in [0.2, 0.25) is 0 Å². The third kappa shape index (κ3) is 6.02. The van der Waals surface area contributed by atoms with Crippen molar-refractivity contribution in [2.24, 2.45) is 0 Å². The molecule has 0 aliphatic carbocycles. The molecule has 0 aliphatic heterocycles. The van der Waals surface area contributed by atoms with Crippen molar-refractivity contribution in [3.8, 4) is 0 Å². The Kier molecular flexibility index (Phi) is 6.74. The van der Waals surface area contributed by atoms with Crippen LogP contribution in [0, 0.1) is 0 Å². The first-order valence-corrected chi connectivity index (χ1v) is 9.60. The summed E-state index contributed by atoms with van der Waals surface area (Å²) in [6.07, 6.45) is 0. The first kappa shape index (κ1) is 21.0. The van der Waals surface area contributed by atoms with Gasteiger partial charge in [0.15, 0.2) is 0 Å². The van der Waals surface area contributed by atoms with E-state index in [0.717, 1.165) is 20.8 Å². The molecular formula is C9H15BO9S3. The summed E-state index contributed by atoms with van der Waals surface area (Å²) < 4.78 is 82.0. The minimum atomic E-state index is -4.53. The average molecular weight is 374 g/mol. The van der Waals surface area contributed by atoms with Crippen molar-refractivity contribution >= 4 is 37.7 Å². The lowest BCUT2D eigenvalue weighted by atomic mass is 10.3. The molecule has 0 amide bonds. The number of rotatable bonds is 9. The first-order chi connectivity index (χ1) is 9.62. The molecule has 0 aliphatic rings. The van der Waals surface area contributed by atoms with Gasteiger partial charge in [-0.2, -0.15) is 25.3 Å². The maximum atomic E-state index is 11.5. The van der Waals surface area contributed by atoms with Gasteiger partial charge in [-0.25, -0.2) is 0 Å². The van der Waals surface area contributed by atoms with Crippen LogP contribution in [0.1, 0.15) is 20.8 Å². The largest absolute Gasteiger partial charge is 0.685 e. The third-order valence-corrected chi connectivity index (χ3v) is 5.69. The van der Waals surface area contributed by atoms with Gasteiger partial charge in [0.1, 0.15) is 0 Å². The van der Waals surface area contributed by atoms with Crippen molar-refractivity contribution in [3.05, 3.63) is 34.5 Å². The van der Waals surface area contributed by atoms with E-state index in [9.17, 15) is 25.3 Å². The van der Waals surface area contributed by atoms with E-state index in [0.29, 0.717) is 0 Å². The quantitative estimate of drug-likeness (QED) is 0.533. The molecule has 0 atom stereocenters. The van der Waals surface area contributed by atoms with Gasteiger partial charge in [-0.05, 0) is 20.8 Å². The predicted molar refractivity (Wildman–Crippen MR) is 80.2 cm³/mol. The van der Waals surface area contributed by atoms with E-state index >= 15 is 0 Å². The highest BCUT2D eigenvalue weighted by atomic mass is 32.2. The van der Waals surface area contributed by atoms with Crippen LogP contribution in [0.25, 0.3) is 0 Å².